The smallest absolute Gasteiger partial charge is 0.117 e. The summed E-state index contributed by atoms with van der Waals surface area (Å²) in [5.41, 5.74) is 4.01. The van der Waals surface area contributed by atoms with Crippen molar-refractivity contribution in [1.29, 1.82) is 0 Å². The van der Waals surface area contributed by atoms with Crippen LogP contribution in [0, 0.1) is 0 Å². The second-order valence-corrected chi connectivity index (χ2v) is 7.22. The molecule has 6 heteroatoms. The molecule has 5 nitrogen and oxygen atoms in total. The molecule has 3 aromatic rings. The maximum Gasteiger partial charge on any atom is 0.117 e. The van der Waals surface area contributed by atoms with E-state index >= 15 is 0 Å². The van der Waals surface area contributed by atoms with Gasteiger partial charge in [-0.15, -0.1) is 0 Å². The third kappa shape index (κ3) is 4.75. The lowest BCUT2D eigenvalue weighted by atomic mass is 10.1. The number of halogens is 1. The number of nitrogens with one attached hydrogen (secondary N) is 1. The first-order chi connectivity index (χ1) is 13.3. The molecule has 1 fully saturated rings. The SMILES string of the molecule is Clc1cccc(Cn2nc(CNC[C@H]3CCCO3)c(-c3ccccc3)n2)c1. The highest BCUT2D eigenvalue weighted by Gasteiger charge is 2.17. The van der Waals surface area contributed by atoms with Crippen LogP contribution in [0.4, 0.5) is 0 Å². The zero-order chi connectivity index (χ0) is 18.5. The van der Waals surface area contributed by atoms with Crippen molar-refractivity contribution in [2.24, 2.45) is 0 Å². The van der Waals surface area contributed by atoms with Crippen LogP contribution >= 0.6 is 11.6 Å². The summed E-state index contributed by atoms with van der Waals surface area (Å²) >= 11 is 6.10. The molecule has 0 saturated carbocycles. The molecule has 2 heterocycles. The Morgan fingerprint density at radius 1 is 1.11 bits per heavy atom. The number of ether oxygens (including phenoxy) is 1. The van der Waals surface area contributed by atoms with Crippen LogP contribution in [-0.4, -0.2) is 34.2 Å². The van der Waals surface area contributed by atoms with Gasteiger partial charge in [-0.3, -0.25) is 0 Å². The van der Waals surface area contributed by atoms with Crippen molar-refractivity contribution in [3.8, 4) is 11.3 Å². The van der Waals surface area contributed by atoms with Crippen LogP contribution in [0.5, 0.6) is 0 Å². The molecule has 1 atom stereocenters. The van der Waals surface area contributed by atoms with Crippen molar-refractivity contribution < 1.29 is 4.74 Å². The lowest BCUT2D eigenvalue weighted by Crippen LogP contribution is -2.26. The van der Waals surface area contributed by atoms with Gasteiger partial charge < -0.3 is 10.1 Å². The highest BCUT2D eigenvalue weighted by atomic mass is 35.5. The Kier molecular flexibility index (Phi) is 5.82. The van der Waals surface area contributed by atoms with E-state index in [0.29, 0.717) is 19.2 Å². The van der Waals surface area contributed by atoms with Gasteiger partial charge in [0.2, 0.25) is 0 Å². The van der Waals surface area contributed by atoms with E-state index < -0.39 is 0 Å². The van der Waals surface area contributed by atoms with Crippen LogP contribution < -0.4 is 5.32 Å². The molecule has 1 aliphatic heterocycles. The van der Waals surface area contributed by atoms with E-state index in [-0.39, 0.29) is 0 Å². The molecule has 140 valence electrons. The minimum absolute atomic E-state index is 0.312. The molecule has 1 saturated heterocycles. The van der Waals surface area contributed by atoms with Gasteiger partial charge in [-0.2, -0.15) is 15.0 Å². The van der Waals surface area contributed by atoms with Gasteiger partial charge in [-0.1, -0.05) is 54.1 Å². The minimum Gasteiger partial charge on any atom is -0.377 e. The van der Waals surface area contributed by atoms with Crippen LogP contribution in [0.2, 0.25) is 5.02 Å². The maximum atomic E-state index is 6.10. The van der Waals surface area contributed by atoms with Gasteiger partial charge in [0.1, 0.15) is 11.4 Å². The zero-order valence-electron chi connectivity index (χ0n) is 15.1. The predicted octanol–water partition coefficient (Wildman–Crippen LogP) is 3.92. The molecule has 1 aliphatic rings. The van der Waals surface area contributed by atoms with Gasteiger partial charge in [0.15, 0.2) is 0 Å². The molecular weight excluding hydrogens is 360 g/mol. The minimum atomic E-state index is 0.312. The Bertz CT molecular complexity index is 875. The fraction of sp³-hybridized carbons (Fsp3) is 0.333. The van der Waals surface area contributed by atoms with Gasteiger partial charge in [0.25, 0.3) is 0 Å². The number of aromatic nitrogens is 3. The first-order valence-corrected chi connectivity index (χ1v) is 9.72. The van der Waals surface area contributed by atoms with Crippen LogP contribution in [0.25, 0.3) is 11.3 Å². The normalized spacial score (nSPS) is 16.7. The molecule has 0 bridgehead atoms. The van der Waals surface area contributed by atoms with E-state index in [2.05, 4.69) is 17.4 Å². The number of nitrogens with zero attached hydrogens (tertiary/aromatic N) is 3. The topological polar surface area (TPSA) is 52.0 Å². The predicted molar refractivity (Wildman–Crippen MR) is 107 cm³/mol. The standard InChI is InChI=1S/C21H23ClN4O/c22-18-9-4-6-16(12-18)15-26-24-20(14-23-13-19-10-5-11-27-19)21(25-26)17-7-2-1-3-8-17/h1-4,6-9,12,19,23H,5,10-11,13-15H2/t19-/m1/s1. The average Bonchev–Trinajstić information content (AvgIpc) is 3.33. The van der Waals surface area contributed by atoms with Crippen molar-refractivity contribution in [1.82, 2.24) is 20.3 Å². The Morgan fingerprint density at radius 2 is 2.00 bits per heavy atom. The van der Waals surface area contributed by atoms with Crippen LogP contribution in [0.3, 0.4) is 0 Å². The molecule has 4 rings (SSSR count). The molecule has 1 aromatic heterocycles. The van der Waals surface area contributed by atoms with Gasteiger partial charge >= 0.3 is 0 Å². The quantitative estimate of drug-likeness (QED) is 0.673. The molecule has 0 spiro atoms. The highest BCUT2D eigenvalue weighted by Crippen LogP contribution is 2.21. The Labute approximate surface area is 164 Å². The molecule has 2 aromatic carbocycles. The Balaban J connectivity index is 1.53. The van der Waals surface area contributed by atoms with Crippen molar-refractivity contribution in [3.05, 3.63) is 70.9 Å². The largest absolute Gasteiger partial charge is 0.377 e. The van der Waals surface area contributed by atoms with Crippen molar-refractivity contribution in [2.45, 2.75) is 32.0 Å². The summed E-state index contributed by atoms with van der Waals surface area (Å²) in [6.45, 7) is 2.97. The average molecular weight is 383 g/mol. The zero-order valence-corrected chi connectivity index (χ0v) is 15.9. The lowest BCUT2D eigenvalue weighted by Gasteiger charge is -2.10. The molecule has 0 amide bonds. The fourth-order valence-corrected chi connectivity index (χ4v) is 3.56. The fourth-order valence-electron chi connectivity index (χ4n) is 3.35. The third-order valence-electron chi connectivity index (χ3n) is 4.67. The summed E-state index contributed by atoms with van der Waals surface area (Å²) in [5, 5.41) is 13.7. The van der Waals surface area contributed by atoms with Crippen LogP contribution in [0.15, 0.2) is 54.6 Å². The number of rotatable bonds is 7. The summed E-state index contributed by atoms with van der Waals surface area (Å²) in [7, 11) is 0. The molecule has 0 aliphatic carbocycles. The number of benzene rings is 2. The first kappa shape index (κ1) is 18.2. The van der Waals surface area contributed by atoms with Gasteiger partial charge in [0, 0.05) is 30.3 Å². The Hall–Kier alpha value is -2.21. The van der Waals surface area contributed by atoms with E-state index in [9.17, 15) is 0 Å². The van der Waals surface area contributed by atoms with Gasteiger partial charge in [-0.05, 0) is 30.5 Å². The molecule has 0 radical (unpaired) electrons. The van der Waals surface area contributed by atoms with Gasteiger partial charge in [-0.25, -0.2) is 0 Å². The lowest BCUT2D eigenvalue weighted by molar-refractivity contribution is 0.110. The van der Waals surface area contributed by atoms with E-state index in [4.69, 9.17) is 26.5 Å². The van der Waals surface area contributed by atoms with Crippen LogP contribution in [-0.2, 0) is 17.8 Å². The molecular formula is C21H23ClN4O. The Morgan fingerprint density at radius 3 is 2.78 bits per heavy atom. The van der Waals surface area contributed by atoms with E-state index in [1.54, 1.807) is 4.80 Å². The van der Waals surface area contributed by atoms with Crippen molar-refractivity contribution in [2.75, 3.05) is 13.2 Å². The second-order valence-electron chi connectivity index (χ2n) is 6.79. The highest BCUT2D eigenvalue weighted by molar-refractivity contribution is 6.30. The molecule has 0 unspecified atom stereocenters. The number of hydrogen-bond acceptors (Lipinski definition) is 4. The summed E-state index contributed by atoms with van der Waals surface area (Å²) in [4.78, 5) is 1.75. The van der Waals surface area contributed by atoms with E-state index in [1.165, 1.54) is 0 Å². The van der Waals surface area contributed by atoms with Crippen LogP contribution in [0.1, 0.15) is 24.1 Å². The summed E-state index contributed by atoms with van der Waals surface area (Å²) < 4.78 is 5.68. The summed E-state index contributed by atoms with van der Waals surface area (Å²) in [6.07, 6.45) is 2.59. The summed E-state index contributed by atoms with van der Waals surface area (Å²) in [5.74, 6) is 0. The molecule has 1 N–H and O–H groups in total. The number of hydrogen-bond donors (Lipinski definition) is 1. The molecule has 27 heavy (non-hydrogen) atoms. The van der Waals surface area contributed by atoms with E-state index in [0.717, 1.165) is 53.5 Å². The first-order valence-electron chi connectivity index (χ1n) is 9.34. The maximum absolute atomic E-state index is 6.10. The second kappa shape index (κ2) is 8.65. The van der Waals surface area contributed by atoms with Crippen molar-refractivity contribution >= 4 is 11.6 Å². The monoisotopic (exact) mass is 382 g/mol. The summed E-state index contributed by atoms with van der Waals surface area (Å²) in [6, 6.07) is 18.0. The van der Waals surface area contributed by atoms with E-state index in [1.807, 2.05) is 42.5 Å². The van der Waals surface area contributed by atoms with Crippen molar-refractivity contribution in [3.63, 3.8) is 0 Å². The van der Waals surface area contributed by atoms with Gasteiger partial charge in [0.05, 0.1) is 12.6 Å². The third-order valence-corrected chi connectivity index (χ3v) is 4.91.